The van der Waals surface area contributed by atoms with Crippen molar-refractivity contribution in [3.8, 4) is 0 Å². The van der Waals surface area contributed by atoms with Crippen molar-refractivity contribution in [3.05, 3.63) is 48.0 Å². The Morgan fingerprint density at radius 3 is 2.63 bits per heavy atom. The van der Waals surface area contributed by atoms with E-state index in [4.69, 9.17) is 0 Å². The third-order valence-electron chi connectivity index (χ3n) is 3.88. The molecule has 1 N–H and O–H groups in total. The number of alkyl halides is 3. The summed E-state index contributed by atoms with van der Waals surface area (Å²) < 4.78 is 38.7. The summed E-state index contributed by atoms with van der Waals surface area (Å²) in [5.41, 5.74) is -0.784. The lowest BCUT2D eigenvalue weighted by Crippen LogP contribution is -2.44. The van der Waals surface area contributed by atoms with Gasteiger partial charge in [-0.15, -0.1) is 0 Å². The normalized spacial score (nSPS) is 22.4. The summed E-state index contributed by atoms with van der Waals surface area (Å²) in [6.07, 6.45) is -2.00. The Labute approximate surface area is 110 Å². The molecule has 19 heavy (non-hydrogen) atoms. The second kappa shape index (κ2) is 5.00. The molecule has 1 aromatic rings. The van der Waals surface area contributed by atoms with Gasteiger partial charge >= 0.3 is 6.18 Å². The summed E-state index contributed by atoms with van der Waals surface area (Å²) in [6, 6.07) is 7.53. The quantitative estimate of drug-likeness (QED) is 0.824. The molecule has 0 aromatic heterocycles. The highest BCUT2D eigenvalue weighted by Gasteiger charge is 2.52. The van der Waals surface area contributed by atoms with Crippen molar-refractivity contribution in [2.24, 2.45) is 0 Å². The Morgan fingerprint density at radius 1 is 1.32 bits per heavy atom. The number of hydrogen-bond donors (Lipinski definition) is 1. The lowest BCUT2D eigenvalue weighted by Gasteiger charge is -2.34. The van der Waals surface area contributed by atoms with E-state index < -0.39 is 11.8 Å². The highest BCUT2D eigenvalue weighted by molar-refractivity contribution is 5.33. The second-order valence-corrected chi connectivity index (χ2v) is 5.12. The summed E-state index contributed by atoms with van der Waals surface area (Å²) >= 11 is 0. The van der Waals surface area contributed by atoms with Gasteiger partial charge in [0.05, 0.1) is 0 Å². The smallest absolute Gasteiger partial charge is 0.377 e. The van der Waals surface area contributed by atoms with Crippen LogP contribution in [0, 0.1) is 0 Å². The van der Waals surface area contributed by atoms with E-state index in [-0.39, 0.29) is 12.3 Å². The molecule has 1 nitrogen and oxygen atoms in total. The summed E-state index contributed by atoms with van der Waals surface area (Å²) in [5.74, 6) is -0.269. The molecule has 0 fully saturated rings. The molecule has 0 amide bonds. The van der Waals surface area contributed by atoms with Crippen LogP contribution in [0.15, 0.2) is 36.9 Å². The number of aliphatic hydroxyl groups is 1. The molecule has 0 saturated heterocycles. The van der Waals surface area contributed by atoms with Gasteiger partial charge in [0.15, 0.2) is 5.60 Å². The number of hydrogen-bond acceptors (Lipinski definition) is 1. The molecular weight excluding hydrogens is 253 g/mol. The molecule has 2 rings (SSSR count). The van der Waals surface area contributed by atoms with Crippen LogP contribution in [0.5, 0.6) is 0 Å². The van der Waals surface area contributed by atoms with Gasteiger partial charge in [0, 0.05) is 0 Å². The van der Waals surface area contributed by atoms with Crippen LogP contribution in [0.1, 0.15) is 36.3 Å². The number of benzene rings is 1. The number of rotatable bonds is 3. The lowest BCUT2D eigenvalue weighted by atomic mass is 9.76. The molecule has 2 unspecified atom stereocenters. The number of aryl methyl sites for hydroxylation is 1. The zero-order valence-corrected chi connectivity index (χ0v) is 10.6. The Morgan fingerprint density at radius 2 is 2.00 bits per heavy atom. The maximum atomic E-state index is 12.9. The summed E-state index contributed by atoms with van der Waals surface area (Å²) in [7, 11) is 0. The topological polar surface area (TPSA) is 20.2 Å². The largest absolute Gasteiger partial charge is 0.420 e. The van der Waals surface area contributed by atoms with Gasteiger partial charge in [0.1, 0.15) is 0 Å². The second-order valence-electron chi connectivity index (χ2n) is 5.12. The first kappa shape index (κ1) is 14.1. The van der Waals surface area contributed by atoms with Gasteiger partial charge in [-0.1, -0.05) is 36.9 Å². The van der Waals surface area contributed by atoms with Crippen LogP contribution in [-0.4, -0.2) is 16.9 Å². The van der Waals surface area contributed by atoms with Gasteiger partial charge in [0.25, 0.3) is 0 Å². The van der Waals surface area contributed by atoms with Crippen molar-refractivity contribution in [1.29, 1.82) is 0 Å². The fourth-order valence-electron chi connectivity index (χ4n) is 2.76. The van der Waals surface area contributed by atoms with E-state index in [1.165, 1.54) is 0 Å². The molecule has 0 heterocycles. The van der Waals surface area contributed by atoms with E-state index in [2.05, 4.69) is 6.58 Å². The standard InChI is InChI=1S/C15H17F3O/c1-2-14(19,15(16,17)18)10-12-8-5-7-11-6-3-4-9-13(11)12/h2-4,6,9,12,19H,1,5,7-8,10H2. The highest BCUT2D eigenvalue weighted by atomic mass is 19.4. The predicted octanol–water partition coefficient (Wildman–Crippen LogP) is 3.98. The van der Waals surface area contributed by atoms with Crippen molar-refractivity contribution in [2.75, 3.05) is 0 Å². The summed E-state index contributed by atoms with van der Waals surface area (Å²) in [4.78, 5) is 0. The predicted molar refractivity (Wildman–Crippen MR) is 67.9 cm³/mol. The zero-order valence-electron chi connectivity index (χ0n) is 10.6. The molecule has 0 bridgehead atoms. The van der Waals surface area contributed by atoms with Gasteiger partial charge in [-0.2, -0.15) is 13.2 Å². The number of fused-ring (bicyclic) bond motifs is 1. The molecule has 4 heteroatoms. The van der Waals surface area contributed by atoms with Crippen LogP contribution in [0.4, 0.5) is 13.2 Å². The van der Waals surface area contributed by atoms with Crippen LogP contribution in [0.2, 0.25) is 0 Å². The van der Waals surface area contributed by atoms with Gasteiger partial charge in [0.2, 0.25) is 0 Å². The molecule has 1 aliphatic rings. The van der Waals surface area contributed by atoms with Crippen LogP contribution in [0.3, 0.4) is 0 Å². The Hall–Kier alpha value is -1.29. The molecule has 1 aromatic carbocycles. The van der Waals surface area contributed by atoms with Gasteiger partial charge in [-0.25, -0.2) is 0 Å². The summed E-state index contributed by atoms with van der Waals surface area (Å²) in [6.45, 7) is 3.15. The highest BCUT2D eigenvalue weighted by Crippen LogP contribution is 2.43. The SMILES string of the molecule is C=CC(O)(CC1CCCc2ccccc21)C(F)(F)F. The molecule has 0 aliphatic heterocycles. The molecule has 0 radical (unpaired) electrons. The zero-order chi connectivity index (χ0) is 14.1. The van der Waals surface area contributed by atoms with Crippen LogP contribution in [-0.2, 0) is 6.42 Å². The molecule has 104 valence electrons. The fourth-order valence-corrected chi connectivity index (χ4v) is 2.76. The molecule has 1 aliphatic carbocycles. The number of halogens is 3. The minimum absolute atomic E-state index is 0.269. The molecule has 2 atom stereocenters. The average molecular weight is 270 g/mol. The minimum atomic E-state index is -4.68. The van der Waals surface area contributed by atoms with Crippen LogP contribution < -0.4 is 0 Å². The van der Waals surface area contributed by atoms with Crippen molar-refractivity contribution >= 4 is 0 Å². The van der Waals surface area contributed by atoms with Gasteiger partial charge < -0.3 is 5.11 Å². The van der Waals surface area contributed by atoms with Gasteiger partial charge in [-0.05, 0) is 42.7 Å². The summed E-state index contributed by atoms with van der Waals surface area (Å²) in [5, 5.41) is 9.79. The van der Waals surface area contributed by atoms with E-state index in [9.17, 15) is 18.3 Å². The van der Waals surface area contributed by atoms with Crippen molar-refractivity contribution in [2.45, 2.75) is 43.4 Å². The van der Waals surface area contributed by atoms with E-state index >= 15 is 0 Å². The van der Waals surface area contributed by atoms with Crippen LogP contribution >= 0.6 is 0 Å². The minimum Gasteiger partial charge on any atom is -0.377 e. The molecule has 0 spiro atoms. The maximum Gasteiger partial charge on any atom is 0.420 e. The monoisotopic (exact) mass is 270 g/mol. The van der Waals surface area contributed by atoms with E-state index in [1.54, 1.807) is 0 Å². The fraction of sp³-hybridized carbons (Fsp3) is 0.467. The Bertz CT molecular complexity index is 467. The first-order valence-electron chi connectivity index (χ1n) is 6.38. The Balaban J connectivity index is 2.28. The first-order chi connectivity index (χ1) is 8.87. The first-order valence-corrected chi connectivity index (χ1v) is 6.38. The van der Waals surface area contributed by atoms with Crippen molar-refractivity contribution in [3.63, 3.8) is 0 Å². The van der Waals surface area contributed by atoms with Gasteiger partial charge in [-0.3, -0.25) is 0 Å². The lowest BCUT2D eigenvalue weighted by molar-refractivity contribution is -0.243. The van der Waals surface area contributed by atoms with E-state index in [1.807, 2.05) is 24.3 Å². The van der Waals surface area contributed by atoms with E-state index in [0.29, 0.717) is 12.5 Å². The van der Waals surface area contributed by atoms with E-state index in [0.717, 1.165) is 24.0 Å². The Kier molecular flexibility index (Phi) is 3.72. The van der Waals surface area contributed by atoms with Crippen LogP contribution in [0.25, 0.3) is 0 Å². The maximum absolute atomic E-state index is 12.9. The third kappa shape index (κ3) is 2.68. The molecular formula is C15H17F3O. The molecule has 0 saturated carbocycles. The third-order valence-corrected chi connectivity index (χ3v) is 3.88. The van der Waals surface area contributed by atoms with Crippen molar-refractivity contribution in [1.82, 2.24) is 0 Å². The average Bonchev–Trinajstić information content (AvgIpc) is 2.38. The van der Waals surface area contributed by atoms with Crippen molar-refractivity contribution < 1.29 is 18.3 Å².